The van der Waals surface area contributed by atoms with Gasteiger partial charge in [0.2, 0.25) is 6.34 Å². The second-order valence-corrected chi connectivity index (χ2v) is 3.32. The van der Waals surface area contributed by atoms with Crippen molar-refractivity contribution in [3.05, 3.63) is 30.3 Å². The van der Waals surface area contributed by atoms with Crippen molar-refractivity contribution in [2.24, 2.45) is 4.99 Å². The van der Waals surface area contributed by atoms with Gasteiger partial charge in [-0.3, -0.25) is 0 Å². The molecule has 0 fully saturated rings. The van der Waals surface area contributed by atoms with E-state index in [0.29, 0.717) is 4.65 Å². The molecular weight excluding hydrogens is 164 g/mol. The molecule has 0 N–H and O–H groups in total. The second kappa shape index (κ2) is 3.18. The molecule has 0 saturated carbocycles. The second-order valence-electron chi connectivity index (χ2n) is 3.32. The number of hydroxylamine groups is 3. The zero-order chi connectivity index (χ0) is 9.15. The SMILES string of the molecule is C[N+]1(Oc2ccccc2)C=NCC1. The predicted octanol–water partition coefficient (Wildman–Crippen LogP) is 1.47. The molecule has 13 heavy (non-hydrogen) atoms. The predicted molar refractivity (Wildman–Crippen MR) is 51.5 cm³/mol. The first-order valence-corrected chi connectivity index (χ1v) is 4.39. The van der Waals surface area contributed by atoms with E-state index in [1.807, 2.05) is 43.7 Å². The van der Waals surface area contributed by atoms with E-state index in [1.165, 1.54) is 0 Å². The Bertz CT molecular complexity index is 310. The van der Waals surface area contributed by atoms with Gasteiger partial charge in [0.05, 0.1) is 6.54 Å². The van der Waals surface area contributed by atoms with Crippen molar-refractivity contribution in [1.29, 1.82) is 0 Å². The van der Waals surface area contributed by atoms with Crippen LogP contribution >= 0.6 is 0 Å². The molecule has 1 aromatic carbocycles. The summed E-state index contributed by atoms with van der Waals surface area (Å²) in [6.45, 7) is 1.76. The number of likely N-dealkylation sites (N-methyl/N-ethyl adjacent to an activating group) is 1. The van der Waals surface area contributed by atoms with Crippen LogP contribution in [0.3, 0.4) is 0 Å². The Kier molecular flexibility index (Phi) is 2.02. The molecular formula is C10H13N2O+. The van der Waals surface area contributed by atoms with E-state index in [0.717, 1.165) is 18.8 Å². The Morgan fingerprint density at radius 1 is 1.31 bits per heavy atom. The summed E-state index contributed by atoms with van der Waals surface area (Å²) in [5, 5.41) is 0. The number of aliphatic imine (C=N–C) groups is 1. The van der Waals surface area contributed by atoms with Gasteiger partial charge >= 0.3 is 0 Å². The van der Waals surface area contributed by atoms with Crippen LogP contribution in [0, 0.1) is 0 Å². The van der Waals surface area contributed by atoms with Gasteiger partial charge in [-0.15, -0.1) is 0 Å². The van der Waals surface area contributed by atoms with Crippen LogP contribution in [0.25, 0.3) is 0 Å². The van der Waals surface area contributed by atoms with Gasteiger partial charge in [-0.05, 0) is 12.1 Å². The van der Waals surface area contributed by atoms with Gasteiger partial charge in [-0.2, -0.15) is 0 Å². The molecule has 0 aliphatic carbocycles. The molecule has 1 unspecified atom stereocenters. The van der Waals surface area contributed by atoms with Gasteiger partial charge in [0.25, 0.3) is 0 Å². The van der Waals surface area contributed by atoms with E-state index in [2.05, 4.69) is 4.99 Å². The number of benzene rings is 1. The Hall–Kier alpha value is -1.35. The minimum atomic E-state index is 0.448. The number of nitrogens with zero attached hydrogens (tertiary/aromatic N) is 2. The summed E-state index contributed by atoms with van der Waals surface area (Å²) >= 11 is 0. The van der Waals surface area contributed by atoms with Crippen molar-refractivity contribution in [2.45, 2.75) is 0 Å². The molecule has 3 heteroatoms. The fraction of sp³-hybridized carbons (Fsp3) is 0.300. The molecule has 1 aliphatic rings. The van der Waals surface area contributed by atoms with Crippen molar-refractivity contribution in [3.63, 3.8) is 0 Å². The maximum Gasteiger partial charge on any atom is 0.227 e. The maximum absolute atomic E-state index is 5.75. The van der Waals surface area contributed by atoms with Crippen molar-refractivity contribution >= 4 is 6.34 Å². The van der Waals surface area contributed by atoms with Crippen LogP contribution in [0.5, 0.6) is 5.75 Å². The minimum absolute atomic E-state index is 0.448. The van der Waals surface area contributed by atoms with Crippen LogP contribution in [0.1, 0.15) is 0 Å². The average molecular weight is 177 g/mol. The van der Waals surface area contributed by atoms with E-state index in [1.54, 1.807) is 0 Å². The highest BCUT2D eigenvalue weighted by molar-refractivity contribution is 5.47. The van der Waals surface area contributed by atoms with E-state index < -0.39 is 0 Å². The molecule has 0 spiro atoms. The molecule has 1 aliphatic heterocycles. The third-order valence-electron chi connectivity index (χ3n) is 2.06. The largest absolute Gasteiger partial charge is 0.309 e. The number of rotatable bonds is 2. The van der Waals surface area contributed by atoms with Gasteiger partial charge in [0, 0.05) is 0 Å². The topological polar surface area (TPSA) is 21.6 Å². The standard InChI is InChI=1S/C10H13N2O/c1-12(8-7-11-9-12)13-10-5-3-2-4-6-10/h2-6,9H,7-8H2,1H3/q+1. The molecule has 1 heterocycles. The molecule has 1 aromatic rings. The lowest BCUT2D eigenvalue weighted by Crippen LogP contribution is -2.44. The molecule has 0 saturated heterocycles. The van der Waals surface area contributed by atoms with Crippen LogP contribution < -0.4 is 4.84 Å². The lowest BCUT2D eigenvalue weighted by atomic mass is 10.3. The molecule has 2 rings (SSSR count). The molecule has 0 bridgehead atoms. The molecule has 3 nitrogen and oxygen atoms in total. The van der Waals surface area contributed by atoms with Gasteiger partial charge in [-0.1, -0.05) is 22.8 Å². The van der Waals surface area contributed by atoms with Crippen molar-refractivity contribution in [2.75, 3.05) is 20.1 Å². The average Bonchev–Trinajstić information content (AvgIpc) is 2.54. The summed E-state index contributed by atoms with van der Waals surface area (Å²) in [5.41, 5.74) is 0. The van der Waals surface area contributed by atoms with Gasteiger partial charge in [-0.25, -0.2) is 4.99 Å². The Morgan fingerprint density at radius 2 is 2.08 bits per heavy atom. The summed E-state index contributed by atoms with van der Waals surface area (Å²) in [4.78, 5) is 9.91. The summed E-state index contributed by atoms with van der Waals surface area (Å²) in [5.74, 6) is 0.887. The number of hydrogen-bond donors (Lipinski definition) is 0. The first-order valence-electron chi connectivity index (χ1n) is 4.39. The fourth-order valence-electron chi connectivity index (χ4n) is 1.34. The summed E-state index contributed by atoms with van der Waals surface area (Å²) in [7, 11) is 2.00. The Labute approximate surface area is 77.8 Å². The fourth-order valence-corrected chi connectivity index (χ4v) is 1.34. The quantitative estimate of drug-likeness (QED) is 0.627. The smallest absolute Gasteiger partial charge is 0.227 e. The molecule has 0 amide bonds. The monoisotopic (exact) mass is 177 g/mol. The lowest BCUT2D eigenvalue weighted by Gasteiger charge is -2.22. The third kappa shape index (κ3) is 1.87. The van der Waals surface area contributed by atoms with Crippen molar-refractivity contribution in [3.8, 4) is 5.75 Å². The number of quaternary nitrogens is 1. The number of hydrogen-bond acceptors (Lipinski definition) is 2. The van der Waals surface area contributed by atoms with Gasteiger partial charge in [0.1, 0.15) is 13.6 Å². The van der Waals surface area contributed by atoms with Crippen LogP contribution in [-0.4, -0.2) is 31.1 Å². The highest BCUT2D eigenvalue weighted by atomic mass is 16.7. The highest BCUT2D eigenvalue weighted by Crippen LogP contribution is 2.15. The maximum atomic E-state index is 5.75. The van der Waals surface area contributed by atoms with Crippen molar-refractivity contribution < 1.29 is 9.48 Å². The number of para-hydroxylation sites is 1. The zero-order valence-electron chi connectivity index (χ0n) is 7.68. The van der Waals surface area contributed by atoms with Crippen LogP contribution in [0.4, 0.5) is 0 Å². The lowest BCUT2D eigenvalue weighted by molar-refractivity contribution is -0.979. The minimum Gasteiger partial charge on any atom is -0.309 e. The van der Waals surface area contributed by atoms with E-state index in [9.17, 15) is 0 Å². The van der Waals surface area contributed by atoms with E-state index in [4.69, 9.17) is 4.84 Å². The highest BCUT2D eigenvalue weighted by Gasteiger charge is 2.26. The summed E-state index contributed by atoms with van der Waals surface area (Å²) < 4.78 is 0.448. The molecule has 0 aromatic heterocycles. The summed E-state index contributed by atoms with van der Waals surface area (Å²) in [6.07, 6.45) is 1.84. The van der Waals surface area contributed by atoms with Gasteiger partial charge < -0.3 is 4.84 Å². The van der Waals surface area contributed by atoms with E-state index >= 15 is 0 Å². The normalized spacial score (nSPS) is 26.2. The first kappa shape index (κ1) is 8.26. The van der Waals surface area contributed by atoms with Crippen LogP contribution in [-0.2, 0) is 0 Å². The van der Waals surface area contributed by atoms with Crippen LogP contribution in [0.2, 0.25) is 0 Å². The Balaban J connectivity index is 2.10. The molecule has 1 atom stereocenters. The van der Waals surface area contributed by atoms with Crippen molar-refractivity contribution in [1.82, 2.24) is 0 Å². The Morgan fingerprint density at radius 3 is 2.69 bits per heavy atom. The molecule has 0 radical (unpaired) electrons. The third-order valence-corrected chi connectivity index (χ3v) is 2.06. The summed E-state index contributed by atoms with van der Waals surface area (Å²) in [6, 6.07) is 9.82. The van der Waals surface area contributed by atoms with Crippen LogP contribution in [0.15, 0.2) is 35.3 Å². The van der Waals surface area contributed by atoms with E-state index in [-0.39, 0.29) is 0 Å². The first-order chi connectivity index (χ1) is 6.29. The van der Waals surface area contributed by atoms with Gasteiger partial charge in [0.15, 0.2) is 5.75 Å². The zero-order valence-corrected chi connectivity index (χ0v) is 7.68. The molecule has 68 valence electrons.